The predicted molar refractivity (Wildman–Crippen MR) is 165 cm³/mol. The van der Waals surface area contributed by atoms with Crippen LogP contribution in [0.2, 0.25) is 0 Å². The Bertz CT molecular complexity index is 1760. The molecule has 39 heavy (non-hydrogen) atoms. The molecule has 0 saturated heterocycles. The zero-order chi connectivity index (χ0) is 26.2. The van der Waals surface area contributed by atoms with Crippen molar-refractivity contribution in [2.45, 2.75) is 13.3 Å². The van der Waals surface area contributed by atoms with Gasteiger partial charge in [-0.15, -0.1) is 0 Å². The minimum absolute atomic E-state index is 0.953. The number of benzene rings is 6. The lowest BCUT2D eigenvalue weighted by Gasteiger charge is -2.28. The second-order valence-electron chi connectivity index (χ2n) is 10.3. The molecule has 0 bridgehead atoms. The second-order valence-corrected chi connectivity index (χ2v) is 10.3. The monoisotopic (exact) mass is 499 g/mol. The van der Waals surface area contributed by atoms with E-state index in [4.69, 9.17) is 0 Å². The minimum atomic E-state index is 0.953. The van der Waals surface area contributed by atoms with Crippen molar-refractivity contribution < 1.29 is 0 Å². The van der Waals surface area contributed by atoms with Crippen LogP contribution in [0.5, 0.6) is 0 Å². The first-order valence-electron chi connectivity index (χ1n) is 13.6. The summed E-state index contributed by atoms with van der Waals surface area (Å²) in [5, 5.41) is 0. The maximum absolute atomic E-state index is 2.40. The van der Waals surface area contributed by atoms with Gasteiger partial charge in [-0.3, -0.25) is 0 Å². The van der Waals surface area contributed by atoms with E-state index in [1.54, 1.807) is 0 Å². The Kier molecular flexibility index (Phi) is 5.83. The van der Waals surface area contributed by atoms with Gasteiger partial charge in [0.1, 0.15) is 0 Å². The Morgan fingerprint density at radius 1 is 0.462 bits per heavy atom. The molecular weight excluding hydrogens is 470 g/mol. The molecule has 0 fully saturated rings. The van der Waals surface area contributed by atoms with Gasteiger partial charge in [0.25, 0.3) is 0 Å². The first-order valence-corrected chi connectivity index (χ1v) is 13.6. The molecule has 0 spiro atoms. The summed E-state index contributed by atoms with van der Waals surface area (Å²) < 4.78 is 0. The van der Waals surface area contributed by atoms with E-state index < -0.39 is 0 Å². The molecule has 186 valence electrons. The first-order chi connectivity index (χ1) is 19.2. The quantitative estimate of drug-likeness (QED) is 0.228. The molecule has 0 N–H and O–H groups in total. The predicted octanol–water partition coefficient (Wildman–Crippen LogP) is 10.4. The Balaban J connectivity index is 1.28. The van der Waals surface area contributed by atoms with Crippen molar-refractivity contribution in [3.8, 4) is 33.4 Å². The van der Waals surface area contributed by atoms with Crippen LogP contribution in [0.3, 0.4) is 0 Å². The SMILES string of the molecule is Cc1ccc(-c2cccc(-c3ccc(N(c4ccccc4)c4cccc5c4Cc4ccccc4-5)cc3)c2)cc1. The average Bonchev–Trinajstić information content (AvgIpc) is 3.38. The molecule has 6 aromatic carbocycles. The van der Waals surface area contributed by atoms with E-state index in [0.717, 1.165) is 17.8 Å². The molecule has 1 heteroatoms. The number of rotatable bonds is 5. The van der Waals surface area contributed by atoms with Crippen LogP contribution in [0.25, 0.3) is 33.4 Å². The fraction of sp³-hybridized carbons (Fsp3) is 0.0526. The number of aryl methyl sites for hydroxylation is 1. The summed E-state index contributed by atoms with van der Waals surface area (Å²) in [5.41, 5.74) is 15.2. The van der Waals surface area contributed by atoms with Gasteiger partial charge in [-0.25, -0.2) is 0 Å². The Labute approximate surface area is 230 Å². The first kappa shape index (κ1) is 23.3. The zero-order valence-electron chi connectivity index (χ0n) is 22.0. The van der Waals surface area contributed by atoms with Gasteiger partial charge in [0, 0.05) is 17.8 Å². The van der Waals surface area contributed by atoms with Crippen molar-refractivity contribution in [1.82, 2.24) is 0 Å². The molecular formula is C38H29N. The summed E-state index contributed by atoms with van der Waals surface area (Å²) in [6, 6.07) is 52.8. The van der Waals surface area contributed by atoms with Crippen LogP contribution in [0.1, 0.15) is 16.7 Å². The van der Waals surface area contributed by atoms with E-state index in [2.05, 4.69) is 157 Å². The van der Waals surface area contributed by atoms with E-state index in [1.807, 2.05) is 0 Å². The van der Waals surface area contributed by atoms with Crippen LogP contribution in [-0.4, -0.2) is 0 Å². The molecule has 1 aliphatic rings. The lowest BCUT2D eigenvalue weighted by molar-refractivity contribution is 1.20. The molecule has 0 aromatic heterocycles. The van der Waals surface area contributed by atoms with Crippen LogP contribution in [0.4, 0.5) is 17.1 Å². The van der Waals surface area contributed by atoms with E-state index in [9.17, 15) is 0 Å². The van der Waals surface area contributed by atoms with Crippen LogP contribution in [0.15, 0.2) is 146 Å². The molecule has 0 unspecified atom stereocenters. The third-order valence-electron chi connectivity index (χ3n) is 7.79. The van der Waals surface area contributed by atoms with Crippen molar-refractivity contribution >= 4 is 17.1 Å². The third kappa shape index (κ3) is 4.32. The number of anilines is 3. The Morgan fingerprint density at radius 2 is 1.05 bits per heavy atom. The summed E-state index contributed by atoms with van der Waals surface area (Å²) in [5.74, 6) is 0. The van der Waals surface area contributed by atoms with Crippen molar-refractivity contribution in [3.05, 3.63) is 162 Å². The fourth-order valence-electron chi connectivity index (χ4n) is 5.78. The van der Waals surface area contributed by atoms with Gasteiger partial charge >= 0.3 is 0 Å². The van der Waals surface area contributed by atoms with Gasteiger partial charge in [0.2, 0.25) is 0 Å². The number of hydrogen-bond donors (Lipinski definition) is 0. The highest BCUT2D eigenvalue weighted by molar-refractivity contribution is 5.88. The highest BCUT2D eigenvalue weighted by Crippen LogP contribution is 2.45. The van der Waals surface area contributed by atoms with Crippen LogP contribution < -0.4 is 4.90 Å². The average molecular weight is 500 g/mol. The normalized spacial score (nSPS) is 11.6. The van der Waals surface area contributed by atoms with Crippen molar-refractivity contribution in [1.29, 1.82) is 0 Å². The smallest absolute Gasteiger partial charge is 0.0503 e. The topological polar surface area (TPSA) is 3.24 Å². The molecule has 0 aliphatic heterocycles. The summed E-state index contributed by atoms with van der Waals surface area (Å²) in [6.07, 6.45) is 0.953. The Morgan fingerprint density at radius 3 is 1.79 bits per heavy atom. The van der Waals surface area contributed by atoms with Crippen molar-refractivity contribution in [2.75, 3.05) is 4.90 Å². The van der Waals surface area contributed by atoms with E-state index >= 15 is 0 Å². The van der Waals surface area contributed by atoms with E-state index in [-0.39, 0.29) is 0 Å². The lowest BCUT2D eigenvalue weighted by atomic mass is 9.98. The second kappa shape index (κ2) is 9.78. The standard InChI is InChI=1S/C38H29N/c1-27-17-19-28(20-18-27)30-10-7-11-31(25-30)29-21-23-34(24-22-29)39(33-12-3-2-4-13-33)38-16-8-15-36-35-14-6-5-9-32(35)26-37(36)38/h2-25H,26H2,1H3. The van der Waals surface area contributed by atoms with Crippen molar-refractivity contribution in [3.63, 3.8) is 0 Å². The van der Waals surface area contributed by atoms with Crippen LogP contribution in [0, 0.1) is 6.92 Å². The largest absolute Gasteiger partial charge is 0.310 e. The third-order valence-corrected chi connectivity index (χ3v) is 7.79. The highest BCUT2D eigenvalue weighted by Gasteiger charge is 2.24. The summed E-state index contributed by atoms with van der Waals surface area (Å²) in [7, 11) is 0. The van der Waals surface area contributed by atoms with Crippen molar-refractivity contribution in [2.24, 2.45) is 0 Å². The summed E-state index contributed by atoms with van der Waals surface area (Å²) >= 11 is 0. The van der Waals surface area contributed by atoms with E-state index in [0.29, 0.717) is 0 Å². The molecule has 0 amide bonds. The van der Waals surface area contributed by atoms with Crippen LogP contribution in [-0.2, 0) is 6.42 Å². The molecule has 7 rings (SSSR count). The molecule has 0 radical (unpaired) electrons. The summed E-state index contributed by atoms with van der Waals surface area (Å²) in [6.45, 7) is 2.13. The maximum atomic E-state index is 2.40. The molecule has 6 aromatic rings. The molecule has 0 heterocycles. The highest BCUT2D eigenvalue weighted by atomic mass is 15.1. The number of para-hydroxylation sites is 1. The van der Waals surface area contributed by atoms with Crippen LogP contribution >= 0.6 is 0 Å². The number of fused-ring (bicyclic) bond motifs is 3. The van der Waals surface area contributed by atoms with Gasteiger partial charge in [-0.1, -0.05) is 115 Å². The van der Waals surface area contributed by atoms with Gasteiger partial charge in [0.15, 0.2) is 0 Å². The molecule has 1 nitrogen and oxygen atoms in total. The number of nitrogens with zero attached hydrogens (tertiary/aromatic N) is 1. The minimum Gasteiger partial charge on any atom is -0.310 e. The molecule has 1 aliphatic carbocycles. The van der Waals surface area contributed by atoms with Gasteiger partial charge in [-0.05, 0) is 87.8 Å². The van der Waals surface area contributed by atoms with Gasteiger partial charge in [-0.2, -0.15) is 0 Å². The number of hydrogen-bond acceptors (Lipinski definition) is 1. The fourth-order valence-corrected chi connectivity index (χ4v) is 5.78. The zero-order valence-corrected chi connectivity index (χ0v) is 22.0. The van der Waals surface area contributed by atoms with Gasteiger partial charge in [0.05, 0.1) is 5.69 Å². The molecule has 0 saturated carbocycles. The lowest BCUT2D eigenvalue weighted by Crippen LogP contribution is -2.12. The Hall–Kier alpha value is -4.88. The molecule has 0 atom stereocenters. The maximum Gasteiger partial charge on any atom is 0.0503 e. The van der Waals surface area contributed by atoms with Gasteiger partial charge < -0.3 is 4.90 Å². The summed E-state index contributed by atoms with van der Waals surface area (Å²) in [4.78, 5) is 2.40. The van der Waals surface area contributed by atoms with E-state index in [1.165, 1.54) is 55.8 Å².